The summed E-state index contributed by atoms with van der Waals surface area (Å²) in [6.45, 7) is 2.94. The second-order valence-corrected chi connectivity index (χ2v) is 5.10. The first-order chi connectivity index (χ1) is 9.50. The maximum absolute atomic E-state index is 11.5. The van der Waals surface area contributed by atoms with Crippen LogP contribution < -0.4 is 16.0 Å². The lowest BCUT2D eigenvalue weighted by molar-refractivity contribution is -0.142. The third-order valence-corrected chi connectivity index (χ3v) is 3.49. The zero-order valence-corrected chi connectivity index (χ0v) is 11.8. The SMILES string of the molecule is CC(=O)NCCNC(=O)CNCC1CCCC1C(=O)O. The van der Waals surface area contributed by atoms with Gasteiger partial charge in [0.15, 0.2) is 0 Å². The zero-order valence-electron chi connectivity index (χ0n) is 11.8. The standard InChI is InChI=1S/C13H23N3O4/c1-9(17)15-5-6-16-12(18)8-14-7-10-3-2-4-11(10)13(19)20/h10-11,14H,2-8H2,1H3,(H,15,17)(H,16,18)(H,19,20). The quantitative estimate of drug-likeness (QED) is 0.442. The van der Waals surface area contributed by atoms with E-state index >= 15 is 0 Å². The number of carboxylic acids is 1. The van der Waals surface area contributed by atoms with Crippen LogP contribution in [0.1, 0.15) is 26.2 Å². The molecule has 0 bridgehead atoms. The molecule has 2 amide bonds. The molecule has 0 heterocycles. The molecule has 1 aliphatic rings. The molecule has 0 saturated heterocycles. The van der Waals surface area contributed by atoms with Crippen LogP contribution in [0.4, 0.5) is 0 Å². The van der Waals surface area contributed by atoms with Gasteiger partial charge in [0.1, 0.15) is 0 Å². The lowest BCUT2D eigenvalue weighted by Crippen LogP contribution is -2.40. The Labute approximate surface area is 118 Å². The van der Waals surface area contributed by atoms with Crippen LogP contribution in [0.5, 0.6) is 0 Å². The van der Waals surface area contributed by atoms with Crippen LogP contribution in [0.2, 0.25) is 0 Å². The van der Waals surface area contributed by atoms with E-state index < -0.39 is 5.97 Å². The van der Waals surface area contributed by atoms with Gasteiger partial charge in [-0.05, 0) is 25.3 Å². The third kappa shape index (κ3) is 6.01. The second kappa shape index (κ2) is 8.52. The molecular formula is C13H23N3O4. The highest BCUT2D eigenvalue weighted by molar-refractivity contribution is 5.78. The van der Waals surface area contributed by atoms with Crippen molar-refractivity contribution in [2.45, 2.75) is 26.2 Å². The highest BCUT2D eigenvalue weighted by Gasteiger charge is 2.32. The van der Waals surface area contributed by atoms with E-state index in [0.717, 1.165) is 19.3 Å². The first-order valence-electron chi connectivity index (χ1n) is 6.95. The maximum atomic E-state index is 11.5. The molecule has 0 aromatic heterocycles. The number of carbonyl (C=O) groups is 3. The molecule has 2 unspecified atom stereocenters. The van der Waals surface area contributed by atoms with Gasteiger partial charge in [0.25, 0.3) is 0 Å². The lowest BCUT2D eigenvalue weighted by Gasteiger charge is -2.16. The van der Waals surface area contributed by atoms with Crippen LogP contribution in [-0.4, -0.2) is 49.1 Å². The van der Waals surface area contributed by atoms with Crippen LogP contribution in [-0.2, 0) is 14.4 Å². The Balaban J connectivity index is 2.09. The molecule has 20 heavy (non-hydrogen) atoms. The normalized spacial score (nSPS) is 21.4. The van der Waals surface area contributed by atoms with Crippen molar-refractivity contribution in [3.05, 3.63) is 0 Å². The van der Waals surface area contributed by atoms with Gasteiger partial charge in [-0.15, -0.1) is 0 Å². The summed E-state index contributed by atoms with van der Waals surface area (Å²) in [5.41, 5.74) is 0. The number of amides is 2. The van der Waals surface area contributed by atoms with Gasteiger partial charge in [0.2, 0.25) is 11.8 Å². The summed E-state index contributed by atoms with van der Waals surface area (Å²) < 4.78 is 0. The minimum atomic E-state index is -0.742. The molecule has 4 N–H and O–H groups in total. The molecule has 114 valence electrons. The molecule has 7 nitrogen and oxygen atoms in total. The Kier molecular flexibility index (Phi) is 7.00. The minimum absolute atomic E-state index is 0.111. The third-order valence-electron chi connectivity index (χ3n) is 3.49. The molecule has 7 heteroatoms. The smallest absolute Gasteiger partial charge is 0.306 e. The van der Waals surface area contributed by atoms with E-state index in [0.29, 0.717) is 19.6 Å². The predicted molar refractivity (Wildman–Crippen MR) is 73.0 cm³/mol. The van der Waals surface area contributed by atoms with Crippen molar-refractivity contribution in [3.8, 4) is 0 Å². The van der Waals surface area contributed by atoms with Gasteiger partial charge in [-0.3, -0.25) is 14.4 Å². The molecule has 2 atom stereocenters. The van der Waals surface area contributed by atoms with E-state index in [9.17, 15) is 14.4 Å². The fourth-order valence-electron chi connectivity index (χ4n) is 2.48. The first-order valence-corrected chi connectivity index (χ1v) is 6.95. The maximum Gasteiger partial charge on any atom is 0.306 e. The van der Waals surface area contributed by atoms with E-state index in [1.54, 1.807) is 0 Å². The van der Waals surface area contributed by atoms with Gasteiger partial charge in [0, 0.05) is 20.0 Å². The molecule has 0 aromatic rings. The molecule has 1 fully saturated rings. The summed E-state index contributed by atoms with van der Waals surface area (Å²) >= 11 is 0. The van der Waals surface area contributed by atoms with E-state index in [1.807, 2.05) is 0 Å². The number of hydrogen-bond donors (Lipinski definition) is 4. The molecule has 1 saturated carbocycles. The first kappa shape index (κ1) is 16.4. The van der Waals surface area contributed by atoms with E-state index in [2.05, 4.69) is 16.0 Å². The van der Waals surface area contributed by atoms with Crippen LogP contribution in [0.3, 0.4) is 0 Å². The predicted octanol–water partition coefficient (Wildman–Crippen LogP) is -0.671. The van der Waals surface area contributed by atoms with Crippen molar-refractivity contribution < 1.29 is 19.5 Å². The average molecular weight is 285 g/mol. The summed E-state index contributed by atoms with van der Waals surface area (Å²) in [5.74, 6) is -1.20. The molecule has 0 spiro atoms. The number of nitrogens with one attached hydrogen (secondary N) is 3. The largest absolute Gasteiger partial charge is 0.481 e. The molecule has 0 radical (unpaired) electrons. The molecule has 1 rings (SSSR count). The summed E-state index contributed by atoms with van der Waals surface area (Å²) in [6, 6.07) is 0. The number of carbonyl (C=O) groups excluding carboxylic acids is 2. The number of aliphatic carboxylic acids is 1. The number of hydrogen-bond acceptors (Lipinski definition) is 4. The second-order valence-electron chi connectivity index (χ2n) is 5.10. The van der Waals surface area contributed by atoms with Crippen molar-refractivity contribution >= 4 is 17.8 Å². The van der Waals surface area contributed by atoms with Gasteiger partial charge >= 0.3 is 5.97 Å². The Bertz CT molecular complexity index is 360. The Morgan fingerprint density at radius 1 is 1.15 bits per heavy atom. The van der Waals surface area contributed by atoms with Gasteiger partial charge < -0.3 is 21.1 Å². The highest BCUT2D eigenvalue weighted by Crippen LogP contribution is 2.31. The van der Waals surface area contributed by atoms with E-state index in [-0.39, 0.29) is 30.2 Å². The van der Waals surface area contributed by atoms with E-state index in [4.69, 9.17) is 5.11 Å². The van der Waals surface area contributed by atoms with Gasteiger partial charge in [-0.25, -0.2) is 0 Å². The van der Waals surface area contributed by atoms with Crippen molar-refractivity contribution in [1.82, 2.24) is 16.0 Å². The Hall–Kier alpha value is -1.63. The molecule has 1 aliphatic carbocycles. The fourth-order valence-corrected chi connectivity index (χ4v) is 2.48. The zero-order chi connectivity index (χ0) is 15.0. The Morgan fingerprint density at radius 2 is 1.85 bits per heavy atom. The number of rotatable bonds is 8. The monoisotopic (exact) mass is 285 g/mol. The minimum Gasteiger partial charge on any atom is -0.481 e. The van der Waals surface area contributed by atoms with Crippen molar-refractivity contribution in [3.63, 3.8) is 0 Å². The van der Waals surface area contributed by atoms with E-state index in [1.165, 1.54) is 6.92 Å². The summed E-state index contributed by atoms with van der Waals surface area (Å²) in [4.78, 5) is 33.1. The van der Waals surface area contributed by atoms with Gasteiger partial charge in [-0.2, -0.15) is 0 Å². The summed E-state index contributed by atoms with van der Waals surface area (Å²) in [6.07, 6.45) is 2.56. The van der Waals surface area contributed by atoms with Gasteiger partial charge in [0.05, 0.1) is 12.5 Å². The fraction of sp³-hybridized carbons (Fsp3) is 0.769. The Morgan fingerprint density at radius 3 is 2.50 bits per heavy atom. The number of carboxylic acid groups (broad SMARTS) is 1. The average Bonchev–Trinajstić information content (AvgIpc) is 2.83. The van der Waals surface area contributed by atoms with Crippen molar-refractivity contribution in [2.24, 2.45) is 11.8 Å². The summed E-state index contributed by atoms with van der Waals surface area (Å²) in [5, 5.41) is 17.3. The summed E-state index contributed by atoms with van der Waals surface area (Å²) in [7, 11) is 0. The van der Waals surface area contributed by atoms with Crippen LogP contribution in [0, 0.1) is 11.8 Å². The van der Waals surface area contributed by atoms with Gasteiger partial charge in [-0.1, -0.05) is 6.42 Å². The molecular weight excluding hydrogens is 262 g/mol. The van der Waals surface area contributed by atoms with Crippen LogP contribution in [0.15, 0.2) is 0 Å². The molecule has 0 aliphatic heterocycles. The lowest BCUT2D eigenvalue weighted by atomic mass is 9.96. The van der Waals surface area contributed by atoms with Crippen LogP contribution >= 0.6 is 0 Å². The topological polar surface area (TPSA) is 108 Å². The highest BCUT2D eigenvalue weighted by atomic mass is 16.4. The molecule has 0 aromatic carbocycles. The van der Waals surface area contributed by atoms with Crippen LogP contribution in [0.25, 0.3) is 0 Å². The van der Waals surface area contributed by atoms with Crippen molar-refractivity contribution in [1.29, 1.82) is 0 Å². The van der Waals surface area contributed by atoms with Crippen molar-refractivity contribution in [2.75, 3.05) is 26.2 Å².